The van der Waals surface area contributed by atoms with E-state index in [-0.39, 0.29) is 6.10 Å². The third-order valence-electron chi connectivity index (χ3n) is 6.54. The maximum atomic E-state index is 12.1. The van der Waals surface area contributed by atoms with Crippen LogP contribution in [0.15, 0.2) is 52.0 Å². The van der Waals surface area contributed by atoms with Crippen LogP contribution in [0.1, 0.15) is 52.7 Å². The van der Waals surface area contributed by atoms with Crippen molar-refractivity contribution in [3.8, 4) is 11.5 Å². The number of likely N-dealkylation sites (tertiary alicyclic amines) is 1. The van der Waals surface area contributed by atoms with Gasteiger partial charge in [0.2, 0.25) is 0 Å². The smallest absolute Gasteiger partial charge is 0.410 e. The van der Waals surface area contributed by atoms with Crippen molar-refractivity contribution >= 4 is 67.3 Å². The van der Waals surface area contributed by atoms with Crippen LogP contribution in [0.4, 0.5) is 4.79 Å². The molecule has 36 heavy (non-hydrogen) atoms. The predicted molar refractivity (Wildman–Crippen MR) is 156 cm³/mol. The zero-order chi connectivity index (χ0) is 26.3. The summed E-state index contributed by atoms with van der Waals surface area (Å²) >= 11 is 7.61. The Bertz CT molecular complexity index is 1280. The van der Waals surface area contributed by atoms with Crippen LogP contribution in [0, 0.1) is 8.99 Å². The molecule has 1 saturated heterocycles. The molecule has 192 valence electrons. The highest BCUT2D eigenvalue weighted by Crippen LogP contribution is 2.49. The number of pyridine rings is 1. The average Bonchev–Trinajstić information content (AvgIpc) is 2.79. The van der Waals surface area contributed by atoms with Crippen molar-refractivity contribution in [2.75, 3.05) is 12.3 Å². The van der Waals surface area contributed by atoms with E-state index in [1.54, 1.807) is 11.8 Å². The Morgan fingerprint density at radius 3 is 2.56 bits per heavy atom. The fourth-order valence-electron chi connectivity index (χ4n) is 4.50. The first-order valence-corrected chi connectivity index (χ1v) is 14.7. The Balaban J connectivity index is 1.89. The summed E-state index contributed by atoms with van der Waals surface area (Å²) in [4.78, 5) is 18.4. The summed E-state index contributed by atoms with van der Waals surface area (Å²) in [5.74, 6) is 2.09. The molecule has 1 unspecified atom stereocenters. The van der Waals surface area contributed by atoms with Crippen molar-refractivity contribution in [3.05, 3.63) is 56.1 Å². The number of rotatable bonds is 7. The maximum Gasteiger partial charge on any atom is 0.410 e. The number of amides is 1. The van der Waals surface area contributed by atoms with Gasteiger partial charge in [0.05, 0.1) is 4.47 Å². The number of carbonyl (C=O) groups is 1. The quantitative estimate of drug-likeness (QED) is 0.199. The number of ether oxygens (including phenoxy) is 2. The summed E-state index contributed by atoms with van der Waals surface area (Å²) in [6, 6.07) is 14.0. The minimum absolute atomic E-state index is 0.201. The van der Waals surface area contributed by atoms with Crippen molar-refractivity contribution in [3.63, 3.8) is 0 Å². The van der Waals surface area contributed by atoms with E-state index in [9.17, 15) is 9.90 Å². The maximum absolute atomic E-state index is 12.1. The van der Waals surface area contributed by atoms with Gasteiger partial charge < -0.3 is 14.6 Å². The molecule has 3 aromatic rings. The normalized spacial score (nSPS) is 18.6. The molecule has 1 aliphatic heterocycles. The molecule has 0 aliphatic carbocycles. The summed E-state index contributed by atoms with van der Waals surface area (Å²) < 4.78 is 15.0. The van der Waals surface area contributed by atoms with Crippen LogP contribution in [0.2, 0.25) is 0 Å². The van der Waals surface area contributed by atoms with Crippen molar-refractivity contribution in [2.45, 2.75) is 57.9 Å². The first-order chi connectivity index (χ1) is 17.0. The van der Waals surface area contributed by atoms with E-state index in [1.807, 2.05) is 70.2 Å². The van der Waals surface area contributed by atoms with Gasteiger partial charge >= 0.3 is 6.09 Å². The largest absolute Gasteiger partial charge is 0.483 e. The van der Waals surface area contributed by atoms with Gasteiger partial charge in [0, 0.05) is 33.4 Å². The monoisotopic (exact) mass is 684 g/mol. The lowest BCUT2D eigenvalue weighted by Gasteiger charge is -2.57. The molecule has 0 saturated carbocycles. The van der Waals surface area contributed by atoms with Crippen LogP contribution in [-0.2, 0) is 0 Å². The van der Waals surface area contributed by atoms with Crippen LogP contribution in [0.5, 0.6) is 11.5 Å². The number of benzene rings is 2. The number of fused-ring (bicyclic) bond motifs is 1. The van der Waals surface area contributed by atoms with E-state index in [1.165, 1.54) is 4.90 Å². The molecule has 2 heterocycles. The molecule has 1 aromatic heterocycles. The number of hydrogen-bond acceptors (Lipinski definition) is 5. The van der Waals surface area contributed by atoms with E-state index < -0.39 is 17.2 Å². The minimum atomic E-state index is -0.976. The van der Waals surface area contributed by atoms with Gasteiger partial charge in [-0.25, -0.2) is 9.78 Å². The van der Waals surface area contributed by atoms with E-state index >= 15 is 0 Å². The van der Waals surface area contributed by atoms with Gasteiger partial charge in [0.25, 0.3) is 0 Å². The molecular weight excluding hydrogens is 655 g/mol. The number of carboxylic acid groups (broad SMARTS) is 1. The zero-order valence-corrected chi connectivity index (χ0v) is 25.5. The highest BCUT2D eigenvalue weighted by Gasteiger charge is 2.58. The van der Waals surface area contributed by atoms with Crippen LogP contribution < -0.4 is 9.47 Å². The zero-order valence-electron chi connectivity index (χ0n) is 21.0. The van der Waals surface area contributed by atoms with Crippen LogP contribution in [-0.4, -0.2) is 39.1 Å². The minimum Gasteiger partial charge on any atom is -0.483 e. The fourth-order valence-corrected chi connectivity index (χ4v) is 6.10. The van der Waals surface area contributed by atoms with Gasteiger partial charge in [-0.2, -0.15) is 0 Å². The van der Waals surface area contributed by atoms with Gasteiger partial charge in [0.15, 0.2) is 11.5 Å². The number of aromatic nitrogens is 1. The molecule has 0 bridgehead atoms. The van der Waals surface area contributed by atoms with Gasteiger partial charge in [-0.1, -0.05) is 58.0 Å². The van der Waals surface area contributed by atoms with Crippen molar-refractivity contribution in [1.29, 1.82) is 0 Å². The molecule has 2 atom stereocenters. The first kappa shape index (κ1) is 27.3. The van der Waals surface area contributed by atoms with Crippen LogP contribution in [0.25, 0.3) is 10.9 Å². The second-order valence-corrected chi connectivity index (χ2v) is 13.0. The van der Waals surface area contributed by atoms with Gasteiger partial charge in [0.1, 0.15) is 22.4 Å². The summed E-state index contributed by atoms with van der Waals surface area (Å²) in [5, 5.41) is 11.5. The molecule has 2 aromatic carbocycles. The van der Waals surface area contributed by atoms with E-state index in [4.69, 9.17) is 14.5 Å². The lowest BCUT2D eigenvalue weighted by molar-refractivity contribution is -0.202. The SMILES string of the molecule is CCSc1cc(OC2(C(C)(C)C)CCN2C(=O)O)c2cc(I)c(Br)c(O[C@@H](C)c3ccccc3)c2n1. The molecule has 1 aliphatic rings. The van der Waals surface area contributed by atoms with Crippen LogP contribution in [0.3, 0.4) is 0 Å². The predicted octanol–water partition coefficient (Wildman–Crippen LogP) is 8.36. The Hall–Kier alpha value is -1.72. The molecule has 1 amide bonds. The van der Waals surface area contributed by atoms with Crippen molar-refractivity contribution in [2.24, 2.45) is 5.41 Å². The molecule has 1 fully saturated rings. The highest BCUT2D eigenvalue weighted by molar-refractivity contribution is 14.1. The van der Waals surface area contributed by atoms with Crippen LogP contribution >= 0.6 is 50.3 Å². The summed E-state index contributed by atoms with van der Waals surface area (Å²) in [7, 11) is 0. The molecule has 9 heteroatoms. The highest BCUT2D eigenvalue weighted by atomic mass is 127. The average molecular weight is 685 g/mol. The Morgan fingerprint density at radius 2 is 2.00 bits per heavy atom. The number of hydrogen-bond donors (Lipinski definition) is 1. The molecule has 6 nitrogen and oxygen atoms in total. The first-order valence-electron chi connectivity index (χ1n) is 11.8. The molecule has 0 radical (unpaired) electrons. The number of thioether (sulfide) groups is 1. The van der Waals surface area contributed by atoms with Crippen molar-refractivity contribution < 1.29 is 19.4 Å². The van der Waals surface area contributed by atoms with E-state index in [0.29, 0.717) is 30.0 Å². The third kappa shape index (κ3) is 5.03. The lowest BCUT2D eigenvalue weighted by atomic mass is 9.75. The summed E-state index contributed by atoms with van der Waals surface area (Å²) in [6.07, 6.45) is -0.562. The second kappa shape index (κ2) is 10.6. The van der Waals surface area contributed by atoms with E-state index in [2.05, 4.69) is 45.4 Å². The topological polar surface area (TPSA) is 71.9 Å². The third-order valence-corrected chi connectivity index (χ3v) is 9.71. The molecular formula is C27H30BrIN2O4S. The summed E-state index contributed by atoms with van der Waals surface area (Å²) in [5.41, 5.74) is 0.327. The van der Waals surface area contributed by atoms with Gasteiger partial charge in [-0.3, -0.25) is 4.90 Å². The number of halogens is 2. The molecule has 4 rings (SSSR count). The van der Waals surface area contributed by atoms with Crippen molar-refractivity contribution in [1.82, 2.24) is 9.88 Å². The second-order valence-electron chi connectivity index (χ2n) is 9.78. The Labute approximate surface area is 238 Å². The lowest BCUT2D eigenvalue weighted by Crippen LogP contribution is -2.71. The molecule has 0 spiro atoms. The van der Waals surface area contributed by atoms with Gasteiger partial charge in [-0.15, -0.1) is 11.8 Å². The fraction of sp³-hybridized carbons (Fsp3) is 0.407. The standard InChI is InChI=1S/C27H30BrIN2O4S/c1-6-36-21-15-20(35-27(26(3,4)5)12-13-31(27)25(32)33)18-14-19(29)22(28)24(23(18)30-21)34-16(2)17-10-8-7-9-11-17/h7-11,14-16H,6,12-13H2,1-5H3,(H,32,33)/t16-,27?/m0/s1. The molecule has 1 N–H and O–H groups in total. The Kier molecular flexibility index (Phi) is 8.02. The summed E-state index contributed by atoms with van der Waals surface area (Å²) in [6.45, 7) is 10.6. The Morgan fingerprint density at radius 1 is 1.31 bits per heavy atom. The van der Waals surface area contributed by atoms with E-state index in [0.717, 1.165) is 29.8 Å². The number of nitrogens with zero attached hydrogens (tertiary/aromatic N) is 2. The van der Waals surface area contributed by atoms with Gasteiger partial charge in [-0.05, 0) is 62.8 Å².